The number of aromatic nitrogens is 1. The zero-order chi connectivity index (χ0) is 24.5. The van der Waals surface area contributed by atoms with Gasteiger partial charge >= 0.3 is 12.1 Å². The maximum atomic E-state index is 12.7. The molecule has 2 aromatic rings. The zero-order valence-corrected chi connectivity index (χ0v) is 19.0. The van der Waals surface area contributed by atoms with Crippen LogP contribution in [0.15, 0.2) is 36.2 Å². The number of carbonyl (C=O) groups is 1. The predicted octanol–water partition coefficient (Wildman–Crippen LogP) is 3.35. The van der Waals surface area contributed by atoms with Crippen LogP contribution < -0.4 is 11.5 Å². The van der Waals surface area contributed by atoms with Gasteiger partial charge in [0.15, 0.2) is 0 Å². The average molecular weight is 466 g/mol. The topological polar surface area (TPSA) is 100 Å². The predicted molar refractivity (Wildman–Crippen MR) is 122 cm³/mol. The van der Waals surface area contributed by atoms with E-state index in [0.29, 0.717) is 54.2 Å². The molecule has 1 aliphatic heterocycles. The van der Waals surface area contributed by atoms with E-state index in [0.717, 1.165) is 5.69 Å². The van der Waals surface area contributed by atoms with Crippen molar-refractivity contribution in [3.05, 3.63) is 58.6 Å². The Morgan fingerprint density at radius 3 is 2.36 bits per heavy atom. The van der Waals surface area contributed by atoms with Gasteiger partial charge in [-0.2, -0.15) is 13.2 Å². The van der Waals surface area contributed by atoms with Crippen LogP contribution in [0.25, 0.3) is 11.2 Å². The highest BCUT2D eigenvalue weighted by atomic mass is 19.4. The summed E-state index contributed by atoms with van der Waals surface area (Å²) < 4.78 is 40.1. The Morgan fingerprint density at radius 2 is 1.82 bits per heavy atom. The third kappa shape index (κ3) is 5.51. The molecule has 0 aliphatic carbocycles. The number of aromatic carboxylic acids is 1. The molecule has 1 atom stereocenters. The summed E-state index contributed by atoms with van der Waals surface area (Å²) >= 11 is 0. The third-order valence-electron chi connectivity index (χ3n) is 6.07. The summed E-state index contributed by atoms with van der Waals surface area (Å²) in [5.41, 5.74) is 15.8. The van der Waals surface area contributed by atoms with Gasteiger partial charge in [0.05, 0.1) is 17.6 Å². The summed E-state index contributed by atoms with van der Waals surface area (Å²) in [4.78, 5) is 15.5. The summed E-state index contributed by atoms with van der Waals surface area (Å²) in [6, 6.07) is 3.21. The van der Waals surface area contributed by atoms with Gasteiger partial charge in [-0.1, -0.05) is 0 Å². The fraction of sp³-hybridized carbons (Fsp3) is 0.435. The first-order chi connectivity index (χ1) is 15.4. The van der Waals surface area contributed by atoms with Crippen LogP contribution in [0.1, 0.15) is 47.1 Å². The van der Waals surface area contributed by atoms with E-state index in [1.807, 2.05) is 23.6 Å². The van der Waals surface area contributed by atoms with E-state index in [1.165, 1.54) is 4.90 Å². The third-order valence-corrected chi connectivity index (χ3v) is 6.07. The van der Waals surface area contributed by atoms with Gasteiger partial charge in [0.1, 0.15) is 0 Å². The fourth-order valence-corrected chi connectivity index (χ4v) is 4.39. The summed E-state index contributed by atoms with van der Waals surface area (Å²) in [5, 5.41) is 9.82. The number of nitrogens with zero attached hydrogens (tertiary/aromatic N) is 3. The van der Waals surface area contributed by atoms with Crippen molar-refractivity contribution in [2.75, 3.05) is 32.7 Å². The minimum Gasteiger partial charge on any atom is -0.478 e. The van der Waals surface area contributed by atoms with Crippen LogP contribution in [0.4, 0.5) is 13.2 Å². The van der Waals surface area contributed by atoms with Gasteiger partial charge in [0.25, 0.3) is 0 Å². The standard InChI is InChI=1S/C23H30F3N5O2/c1-14(27)4-5-19(28)17-6-7-31-20(17)12-18(22(32)33)15(2)21(31)16(3)30-10-8-29(9-11-30)13-23(24,25)26/h4-7,12,16H,8-11,13,27-28H2,1-3H3,(H,32,33)/b14-4-,19-5-. The van der Waals surface area contributed by atoms with Gasteiger partial charge in [-0.3, -0.25) is 9.80 Å². The minimum atomic E-state index is -4.22. The zero-order valence-electron chi connectivity index (χ0n) is 19.0. The molecule has 1 fully saturated rings. The van der Waals surface area contributed by atoms with Gasteiger partial charge in [0, 0.05) is 61.1 Å². The van der Waals surface area contributed by atoms with Crippen molar-refractivity contribution >= 4 is 17.2 Å². The number of hydrogen-bond acceptors (Lipinski definition) is 5. The summed E-state index contributed by atoms with van der Waals surface area (Å²) in [6.45, 7) is 6.01. The highest BCUT2D eigenvalue weighted by Crippen LogP contribution is 2.32. The van der Waals surface area contributed by atoms with Crippen LogP contribution in [-0.4, -0.2) is 64.2 Å². The van der Waals surface area contributed by atoms with E-state index >= 15 is 0 Å². The number of fused-ring (bicyclic) bond motifs is 1. The van der Waals surface area contributed by atoms with Crippen molar-refractivity contribution in [3.8, 4) is 0 Å². The second-order valence-electron chi connectivity index (χ2n) is 8.49. The van der Waals surface area contributed by atoms with Gasteiger partial charge in [-0.25, -0.2) is 4.79 Å². The molecular formula is C23H30F3N5O2. The number of rotatable bonds is 6. The SMILES string of the molecule is C/C(N)=C/C=C(\N)c1ccn2c(C(C)N3CCN(CC(F)(F)F)CC3)c(C)c(C(=O)O)cc12. The Kier molecular flexibility index (Phi) is 7.08. The molecule has 1 aliphatic rings. The maximum absolute atomic E-state index is 12.7. The van der Waals surface area contributed by atoms with E-state index in [1.54, 1.807) is 32.1 Å². The lowest BCUT2D eigenvalue weighted by Gasteiger charge is -2.39. The van der Waals surface area contributed by atoms with E-state index in [4.69, 9.17) is 11.5 Å². The molecule has 0 saturated carbocycles. The molecule has 1 saturated heterocycles. The minimum absolute atomic E-state index is 0.165. The van der Waals surface area contributed by atoms with Crippen molar-refractivity contribution in [2.24, 2.45) is 11.5 Å². The molecule has 180 valence electrons. The molecule has 2 aromatic heterocycles. The normalized spacial score (nSPS) is 18.1. The van der Waals surface area contributed by atoms with E-state index in [9.17, 15) is 23.1 Å². The Labute approximate surface area is 190 Å². The van der Waals surface area contributed by atoms with Crippen molar-refractivity contribution < 1.29 is 23.1 Å². The number of carboxylic acid groups (broad SMARTS) is 1. The highest BCUT2D eigenvalue weighted by Gasteiger charge is 2.33. The van der Waals surface area contributed by atoms with Crippen molar-refractivity contribution in [1.82, 2.24) is 14.2 Å². The van der Waals surface area contributed by atoms with Gasteiger partial charge in [-0.05, 0) is 50.6 Å². The molecular weight excluding hydrogens is 435 g/mol. The van der Waals surface area contributed by atoms with Gasteiger partial charge < -0.3 is 21.0 Å². The lowest BCUT2D eigenvalue weighted by Crippen LogP contribution is -2.49. The van der Waals surface area contributed by atoms with Crippen LogP contribution in [0.5, 0.6) is 0 Å². The number of hydrogen-bond donors (Lipinski definition) is 3. The molecule has 33 heavy (non-hydrogen) atoms. The molecule has 3 heterocycles. The number of halogens is 3. The smallest absolute Gasteiger partial charge is 0.401 e. The lowest BCUT2D eigenvalue weighted by molar-refractivity contribution is -0.149. The largest absolute Gasteiger partial charge is 0.478 e. The number of pyridine rings is 1. The molecule has 3 rings (SSSR count). The molecule has 1 unspecified atom stereocenters. The fourth-order valence-electron chi connectivity index (χ4n) is 4.39. The van der Waals surface area contributed by atoms with Crippen LogP contribution in [0.3, 0.4) is 0 Å². The van der Waals surface area contributed by atoms with Gasteiger partial charge in [-0.15, -0.1) is 0 Å². The van der Waals surface area contributed by atoms with E-state index in [-0.39, 0.29) is 11.6 Å². The molecule has 0 spiro atoms. The molecule has 5 N–H and O–H groups in total. The Bertz CT molecular complexity index is 1090. The van der Waals surface area contributed by atoms with E-state index in [2.05, 4.69) is 4.90 Å². The molecule has 10 heteroatoms. The van der Waals surface area contributed by atoms with Gasteiger partial charge in [0.2, 0.25) is 0 Å². The lowest BCUT2D eigenvalue weighted by atomic mass is 10.00. The summed E-state index contributed by atoms with van der Waals surface area (Å²) in [6.07, 6.45) is 0.969. The highest BCUT2D eigenvalue weighted by molar-refractivity contribution is 5.93. The van der Waals surface area contributed by atoms with Crippen LogP contribution in [0, 0.1) is 6.92 Å². The Morgan fingerprint density at radius 1 is 1.18 bits per heavy atom. The summed E-state index contributed by atoms with van der Waals surface area (Å²) in [7, 11) is 0. The van der Waals surface area contributed by atoms with Crippen LogP contribution >= 0.6 is 0 Å². The van der Waals surface area contributed by atoms with Crippen LogP contribution in [-0.2, 0) is 0 Å². The monoisotopic (exact) mass is 465 g/mol. The molecule has 0 radical (unpaired) electrons. The second-order valence-corrected chi connectivity index (χ2v) is 8.49. The first kappa shape index (κ1) is 24.7. The van der Waals surface area contributed by atoms with Crippen LogP contribution in [0.2, 0.25) is 0 Å². The van der Waals surface area contributed by atoms with Crippen molar-refractivity contribution in [2.45, 2.75) is 33.0 Å². The maximum Gasteiger partial charge on any atom is 0.401 e. The Balaban J connectivity index is 2.00. The average Bonchev–Trinajstić information content (AvgIpc) is 3.13. The quantitative estimate of drug-likeness (QED) is 0.566. The van der Waals surface area contributed by atoms with Crippen molar-refractivity contribution in [1.29, 1.82) is 0 Å². The molecule has 0 bridgehead atoms. The molecule has 0 aromatic carbocycles. The second kappa shape index (κ2) is 9.48. The number of piperazine rings is 1. The number of carboxylic acids is 1. The Hall–Kier alpha value is -2.98. The number of nitrogens with two attached hydrogens (primary N) is 2. The molecule has 0 amide bonds. The first-order valence-electron chi connectivity index (χ1n) is 10.7. The first-order valence-corrected chi connectivity index (χ1v) is 10.7. The molecule has 7 nitrogen and oxygen atoms in total. The summed E-state index contributed by atoms with van der Waals surface area (Å²) in [5.74, 6) is -1.05. The van der Waals surface area contributed by atoms with E-state index < -0.39 is 18.7 Å². The number of allylic oxidation sites excluding steroid dienone is 3. The number of alkyl halides is 3. The van der Waals surface area contributed by atoms with Crippen molar-refractivity contribution in [3.63, 3.8) is 0 Å².